The predicted octanol–water partition coefficient (Wildman–Crippen LogP) is 2.50. The zero-order valence-corrected chi connectivity index (χ0v) is 21.9. The van der Waals surface area contributed by atoms with Crippen LogP contribution in [0.15, 0.2) is 42.5 Å². The number of aryl methyl sites for hydroxylation is 2. The van der Waals surface area contributed by atoms with Crippen molar-refractivity contribution >= 4 is 17.7 Å². The van der Waals surface area contributed by atoms with Gasteiger partial charge in [0, 0.05) is 12.1 Å². The van der Waals surface area contributed by atoms with E-state index in [0.29, 0.717) is 55.7 Å². The molecule has 0 aliphatic carbocycles. The van der Waals surface area contributed by atoms with E-state index in [1.165, 1.54) is 4.90 Å². The molecule has 0 spiro atoms. The summed E-state index contributed by atoms with van der Waals surface area (Å²) in [6.45, 7) is 6.05. The molecule has 2 aromatic carbocycles. The van der Waals surface area contributed by atoms with Crippen LogP contribution in [-0.2, 0) is 30.7 Å². The van der Waals surface area contributed by atoms with E-state index in [9.17, 15) is 19.5 Å². The molecule has 2 aliphatic rings. The number of nitrogens with zero attached hydrogens (tertiary/aromatic N) is 1. The van der Waals surface area contributed by atoms with Gasteiger partial charge in [-0.25, -0.2) is 9.78 Å². The van der Waals surface area contributed by atoms with Crippen molar-refractivity contribution in [1.29, 1.82) is 0 Å². The van der Waals surface area contributed by atoms with Gasteiger partial charge in [0.2, 0.25) is 18.1 Å². The summed E-state index contributed by atoms with van der Waals surface area (Å²) in [6, 6.07) is 10.8. The summed E-state index contributed by atoms with van der Waals surface area (Å²) in [5.74, 6) is -0.902. The topological polar surface area (TPSA) is 126 Å². The van der Waals surface area contributed by atoms with Gasteiger partial charge in [0.15, 0.2) is 0 Å². The average Bonchev–Trinajstić information content (AvgIpc) is 3.41. The molecule has 38 heavy (non-hydrogen) atoms. The van der Waals surface area contributed by atoms with Crippen LogP contribution in [0.2, 0.25) is 0 Å². The molecule has 2 saturated heterocycles. The Morgan fingerprint density at radius 2 is 1.84 bits per heavy atom. The second-order valence-electron chi connectivity index (χ2n) is 9.83. The van der Waals surface area contributed by atoms with E-state index >= 15 is 0 Å². The summed E-state index contributed by atoms with van der Waals surface area (Å²) >= 11 is 0. The summed E-state index contributed by atoms with van der Waals surface area (Å²) in [4.78, 5) is 51.2. The van der Waals surface area contributed by atoms with Gasteiger partial charge >= 0.3 is 0 Å². The number of likely N-dealkylation sites (tertiary alicyclic amines) is 1. The second-order valence-corrected chi connectivity index (χ2v) is 9.83. The first kappa shape index (κ1) is 27.6. The van der Waals surface area contributed by atoms with Crippen LogP contribution in [0, 0.1) is 13.8 Å². The van der Waals surface area contributed by atoms with Crippen molar-refractivity contribution in [3.63, 3.8) is 0 Å². The Hall–Kier alpha value is -3.47. The fourth-order valence-corrected chi connectivity index (χ4v) is 4.79. The van der Waals surface area contributed by atoms with Gasteiger partial charge < -0.3 is 25.4 Å². The molecule has 0 radical (unpaired) electrons. The molecule has 2 aliphatic heterocycles. The second kappa shape index (κ2) is 12.4. The van der Waals surface area contributed by atoms with Gasteiger partial charge in [-0.2, -0.15) is 0 Å². The molecule has 0 bridgehead atoms. The number of nitrogens with one attached hydrogen (secondary N) is 2. The third kappa shape index (κ3) is 6.50. The smallest absolute Gasteiger partial charge is 0.251 e. The number of carbonyl (C=O) groups is 3. The Balaban J connectivity index is 1.35. The highest BCUT2D eigenvalue weighted by Gasteiger charge is 2.39. The van der Waals surface area contributed by atoms with Crippen LogP contribution in [0.3, 0.4) is 0 Å². The minimum Gasteiger partial charge on any atom is -0.507 e. The first-order chi connectivity index (χ1) is 18.2. The number of hydrogen-bond donors (Lipinski definition) is 3. The summed E-state index contributed by atoms with van der Waals surface area (Å²) in [5, 5.41) is 15.7. The highest BCUT2D eigenvalue weighted by molar-refractivity contribution is 5.98. The molecular weight excluding hydrogens is 490 g/mol. The normalized spacial score (nSPS) is 22.1. The van der Waals surface area contributed by atoms with Crippen molar-refractivity contribution in [2.24, 2.45) is 0 Å². The molecule has 4 atom stereocenters. The van der Waals surface area contributed by atoms with Crippen LogP contribution in [-0.4, -0.2) is 65.3 Å². The van der Waals surface area contributed by atoms with Gasteiger partial charge in [0.1, 0.15) is 17.8 Å². The monoisotopic (exact) mass is 525 g/mol. The van der Waals surface area contributed by atoms with Crippen LogP contribution in [0.1, 0.15) is 53.2 Å². The predicted molar refractivity (Wildman–Crippen MR) is 138 cm³/mol. The number of phenolic OH excluding ortho intramolecular Hbond substituents is 1. The van der Waals surface area contributed by atoms with E-state index in [2.05, 4.69) is 10.6 Å². The molecule has 10 heteroatoms. The molecule has 2 fully saturated rings. The van der Waals surface area contributed by atoms with Crippen molar-refractivity contribution in [1.82, 2.24) is 15.5 Å². The number of rotatable bonds is 8. The fraction of sp³-hybridized carbons (Fsp3) is 0.464. The molecule has 204 valence electrons. The lowest BCUT2D eigenvalue weighted by molar-refractivity contribution is -0.406. The highest BCUT2D eigenvalue weighted by atomic mass is 17.2. The quantitative estimate of drug-likeness (QED) is 0.452. The van der Waals surface area contributed by atoms with E-state index in [1.807, 2.05) is 30.3 Å². The van der Waals surface area contributed by atoms with Crippen LogP contribution in [0.5, 0.6) is 5.75 Å². The lowest BCUT2D eigenvalue weighted by Crippen LogP contribution is -2.56. The molecule has 2 heterocycles. The van der Waals surface area contributed by atoms with Gasteiger partial charge in [-0.05, 0) is 68.9 Å². The molecule has 2 unspecified atom stereocenters. The molecular formula is C28H35N3O7. The molecule has 0 saturated carbocycles. The largest absolute Gasteiger partial charge is 0.507 e. The Morgan fingerprint density at radius 1 is 1.13 bits per heavy atom. The minimum atomic E-state index is -0.835. The zero-order chi connectivity index (χ0) is 27.2. The molecule has 10 nitrogen and oxygen atoms in total. The van der Waals surface area contributed by atoms with Crippen LogP contribution in [0.25, 0.3) is 0 Å². The zero-order valence-electron chi connectivity index (χ0n) is 21.9. The number of ether oxygens (including phenoxy) is 1. The molecule has 2 aromatic rings. The van der Waals surface area contributed by atoms with Gasteiger partial charge in [-0.3, -0.25) is 14.4 Å². The Bertz CT molecular complexity index is 1130. The SMILES string of the molecule is Cc1cc(C(=O)N[C@@H](C)C(=O)N2CCC[C@H]2C(=O)NC2CCOOC2OCc2ccccc2)cc(C)c1O. The van der Waals surface area contributed by atoms with Crippen LogP contribution in [0.4, 0.5) is 0 Å². The maximum absolute atomic E-state index is 13.3. The van der Waals surface area contributed by atoms with Gasteiger partial charge in [0.25, 0.3) is 5.91 Å². The van der Waals surface area contributed by atoms with E-state index < -0.39 is 30.3 Å². The molecule has 0 aromatic heterocycles. The van der Waals surface area contributed by atoms with Crippen molar-refractivity contribution in [3.8, 4) is 5.75 Å². The van der Waals surface area contributed by atoms with E-state index in [4.69, 9.17) is 14.5 Å². The maximum Gasteiger partial charge on any atom is 0.251 e. The number of hydrogen-bond acceptors (Lipinski definition) is 7. The van der Waals surface area contributed by atoms with Crippen molar-refractivity contribution in [2.75, 3.05) is 13.2 Å². The number of phenols is 1. The maximum atomic E-state index is 13.3. The fourth-order valence-electron chi connectivity index (χ4n) is 4.79. The van der Waals surface area contributed by atoms with Gasteiger partial charge in [-0.15, -0.1) is 0 Å². The lowest BCUT2D eigenvalue weighted by Gasteiger charge is -2.33. The average molecular weight is 526 g/mol. The third-order valence-corrected chi connectivity index (χ3v) is 6.90. The van der Waals surface area contributed by atoms with Crippen molar-refractivity contribution in [2.45, 2.75) is 71.1 Å². The molecule has 3 amide bonds. The van der Waals surface area contributed by atoms with E-state index in [0.717, 1.165) is 5.56 Å². The summed E-state index contributed by atoms with van der Waals surface area (Å²) < 4.78 is 5.86. The highest BCUT2D eigenvalue weighted by Crippen LogP contribution is 2.24. The lowest BCUT2D eigenvalue weighted by atomic mass is 10.0. The van der Waals surface area contributed by atoms with Crippen molar-refractivity contribution < 1.29 is 34.0 Å². The number of aromatic hydroxyl groups is 1. The van der Waals surface area contributed by atoms with Gasteiger partial charge in [0.05, 0.1) is 19.3 Å². The number of benzene rings is 2. The number of carbonyl (C=O) groups excluding carboxylic acids is 3. The Kier molecular flexibility index (Phi) is 8.98. The van der Waals surface area contributed by atoms with Gasteiger partial charge in [-0.1, -0.05) is 30.3 Å². The van der Waals surface area contributed by atoms with E-state index in [-0.39, 0.29) is 17.6 Å². The first-order valence-electron chi connectivity index (χ1n) is 12.9. The summed E-state index contributed by atoms with van der Waals surface area (Å²) in [6.07, 6.45) is 0.922. The van der Waals surface area contributed by atoms with Crippen LogP contribution >= 0.6 is 0 Å². The van der Waals surface area contributed by atoms with Crippen molar-refractivity contribution in [3.05, 3.63) is 64.7 Å². The third-order valence-electron chi connectivity index (χ3n) is 6.90. The first-order valence-corrected chi connectivity index (χ1v) is 12.9. The molecule has 4 rings (SSSR count). The molecule has 3 N–H and O–H groups in total. The van der Waals surface area contributed by atoms with Crippen LogP contribution < -0.4 is 10.6 Å². The standard InChI is InChI=1S/C28H35N3O7/c1-17-14-21(15-18(2)24(17)32)25(33)29-19(3)27(35)31-12-7-10-23(31)26(34)30-22-11-13-37-38-28(22)36-16-20-8-5-4-6-9-20/h4-6,8-9,14-15,19,22-23,28,32H,7,10-13,16H2,1-3H3,(H,29,33)(H,30,34)/t19-,22?,23-,28?/m0/s1. The Labute approximate surface area is 222 Å². The Morgan fingerprint density at radius 3 is 2.55 bits per heavy atom. The summed E-state index contributed by atoms with van der Waals surface area (Å²) in [7, 11) is 0. The summed E-state index contributed by atoms with van der Waals surface area (Å²) in [5.41, 5.74) is 2.48. The number of amides is 3. The van der Waals surface area contributed by atoms with E-state index in [1.54, 1.807) is 32.9 Å². The minimum absolute atomic E-state index is 0.138.